The fourth-order valence-corrected chi connectivity index (χ4v) is 3.31. The normalized spacial score (nSPS) is 11.4. The largest absolute Gasteiger partial charge is 0.494 e. The average Bonchev–Trinajstić information content (AvgIpc) is 3.17. The molecule has 0 saturated heterocycles. The summed E-state index contributed by atoms with van der Waals surface area (Å²) in [5, 5.41) is 20.3. The molecule has 0 aliphatic carbocycles. The Hall–Kier alpha value is -3.03. The van der Waals surface area contributed by atoms with Crippen LogP contribution in [0.1, 0.15) is 5.56 Å². The number of benzene rings is 2. The number of pyridine rings is 1. The molecule has 0 bridgehead atoms. The molecule has 8 heteroatoms. The molecule has 2 aromatic heterocycles. The number of aromatic hydroxyl groups is 1. The Morgan fingerprint density at radius 3 is 2.58 bits per heavy atom. The van der Waals surface area contributed by atoms with Gasteiger partial charge in [0.2, 0.25) is 11.0 Å². The van der Waals surface area contributed by atoms with E-state index in [4.69, 9.17) is 11.6 Å². The van der Waals surface area contributed by atoms with Crippen LogP contribution in [0, 0.1) is 0 Å². The van der Waals surface area contributed by atoms with Crippen LogP contribution >= 0.6 is 22.9 Å². The van der Waals surface area contributed by atoms with Crippen LogP contribution in [0.25, 0.3) is 16.5 Å². The average molecular weight is 383 g/mol. The SMILES string of the molecule is O=c1c2ccccc2c(/C=N/c2nncs2)c(O)n1-c1ccccc1Cl. The van der Waals surface area contributed by atoms with Crippen LogP contribution in [0.5, 0.6) is 5.88 Å². The Labute approximate surface area is 156 Å². The number of rotatable bonds is 3. The third kappa shape index (κ3) is 2.77. The fraction of sp³-hybridized carbons (Fsp3) is 0. The number of para-hydroxylation sites is 1. The third-order valence-electron chi connectivity index (χ3n) is 3.85. The first-order valence-electron chi connectivity index (χ1n) is 7.58. The van der Waals surface area contributed by atoms with Crippen molar-refractivity contribution in [3.05, 3.63) is 75.0 Å². The predicted molar refractivity (Wildman–Crippen MR) is 103 cm³/mol. The molecule has 0 unspecified atom stereocenters. The van der Waals surface area contributed by atoms with Gasteiger partial charge >= 0.3 is 0 Å². The van der Waals surface area contributed by atoms with E-state index in [0.29, 0.717) is 32.2 Å². The highest BCUT2D eigenvalue weighted by Crippen LogP contribution is 2.29. The summed E-state index contributed by atoms with van der Waals surface area (Å²) in [6, 6.07) is 13.9. The van der Waals surface area contributed by atoms with Crippen molar-refractivity contribution >= 4 is 45.1 Å². The smallest absolute Gasteiger partial charge is 0.265 e. The summed E-state index contributed by atoms with van der Waals surface area (Å²) in [6.07, 6.45) is 1.48. The molecule has 26 heavy (non-hydrogen) atoms. The highest BCUT2D eigenvalue weighted by Gasteiger charge is 2.17. The van der Waals surface area contributed by atoms with Gasteiger partial charge in [0.25, 0.3) is 5.56 Å². The van der Waals surface area contributed by atoms with E-state index < -0.39 is 0 Å². The number of aliphatic imine (C=N–C) groups is 1. The Morgan fingerprint density at radius 1 is 1.12 bits per heavy atom. The van der Waals surface area contributed by atoms with Gasteiger partial charge in [0.15, 0.2) is 0 Å². The summed E-state index contributed by atoms with van der Waals surface area (Å²) in [4.78, 5) is 17.2. The molecule has 4 aromatic rings. The van der Waals surface area contributed by atoms with Crippen molar-refractivity contribution < 1.29 is 5.11 Å². The maximum atomic E-state index is 13.0. The predicted octanol–water partition coefficient (Wildman–Crippen LogP) is 3.95. The zero-order valence-corrected chi connectivity index (χ0v) is 14.8. The van der Waals surface area contributed by atoms with E-state index >= 15 is 0 Å². The molecule has 0 spiro atoms. The summed E-state index contributed by atoms with van der Waals surface area (Å²) in [5.41, 5.74) is 2.00. The minimum atomic E-state index is -0.362. The van der Waals surface area contributed by atoms with E-state index in [2.05, 4.69) is 15.2 Å². The van der Waals surface area contributed by atoms with Crippen molar-refractivity contribution in [3.63, 3.8) is 0 Å². The van der Waals surface area contributed by atoms with Crippen molar-refractivity contribution in [1.29, 1.82) is 0 Å². The lowest BCUT2D eigenvalue weighted by atomic mass is 10.1. The van der Waals surface area contributed by atoms with E-state index in [9.17, 15) is 9.90 Å². The van der Waals surface area contributed by atoms with Crippen molar-refractivity contribution in [2.75, 3.05) is 0 Å². The van der Waals surface area contributed by atoms with Crippen molar-refractivity contribution in [2.24, 2.45) is 4.99 Å². The number of halogens is 1. The molecule has 0 aliphatic rings. The molecule has 0 atom stereocenters. The third-order valence-corrected chi connectivity index (χ3v) is 4.77. The van der Waals surface area contributed by atoms with Gasteiger partial charge in [-0.25, -0.2) is 9.56 Å². The molecule has 4 rings (SSSR count). The van der Waals surface area contributed by atoms with Gasteiger partial charge in [-0.3, -0.25) is 4.79 Å². The van der Waals surface area contributed by atoms with Gasteiger partial charge in [0.05, 0.1) is 16.3 Å². The van der Waals surface area contributed by atoms with Gasteiger partial charge in [-0.05, 0) is 18.2 Å². The lowest BCUT2D eigenvalue weighted by Crippen LogP contribution is -2.20. The summed E-state index contributed by atoms with van der Waals surface area (Å²) in [6.45, 7) is 0. The highest BCUT2D eigenvalue weighted by atomic mass is 35.5. The van der Waals surface area contributed by atoms with Crippen LogP contribution in [-0.2, 0) is 0 Å². The second-order valence-electron chi connectivity index (χ2n) is 5.35. The van der Waals surface area contributed by atoms with Gasteiger partial charge in [0.1, 0.15) is 5.51 Å². The molecule has 0 radical (unpaired) electrons. The van der Waals surface area contributed by atoms with E-state index in [0.717, 1.165) is 0 Å². The molecule has 0 amide bonds. The molecule has 2 aromatic carbocycles. The van der Waals surface area contributed by atoms with Gasteiger partial charge in [-0.2, -0.15) is 0 Å². The summed E-state index contributed by atoms with van der Waals surface area (Å²) < 4.78 is 1.19. The first-order valence-corrected chi connectivity index (χ1v) is 8.84. The lowest BCUT2D eigenvalue weighted by molar-refractivity contribution is 0.436. The van der Waals surface area contributed by atoms with E-state index in [1.165, 1.54) is 22.1 Å². The quantitative estimate of drug-likeness (QED) is 0.544. The summed E-state index contributed by atoms with van der Waals surface area (Å²) >= 11 is 7.51. The number of aromatic nitrogens is 3. The molecular weight excluding hydrogens is 372 g/mol. The topological polar surface area (TPSA) is 80.4 Å². The van der Waals surface area contributed by atoms with Crippen LogP contribution in [0.4, 0.5) is 5.13 Å². The van der Waals surface area contributed by atoms with Crippen molar-refractivity contribution in [2.45, 2.75) is 0 Å². The van der Waals surface area contributed by atoms with E-state index in [-0.39, 0.29) is 11.4 Å². The van der Waals surface area contributed by atoms with E-state index in [1.807, 2.05) is 0 Å². The Morgan fingerprint density at radius 2 is 1.85 bits per heavy atom. The fourth-order valence-electron chi connectivity index (χ4n) is 2.69. The molecule has 6 nitrogen and oxygen atoms in total. The molecule has 2 heterocycles. The number of fused-ring (bicyclic) bond motifs is 1. The highest BCUT2D eigenvalue weighted by molar-refractivity contribution is 7.13. The molecular formula is C18H11ClN4O2S. The monoisotopic (exact) mass is 382 g/mol. The molecule has 1 N–H and O–H groups in total. The first-order chi connectivity index (χ1) is 12.7. The van der Waals surface area contributed by atoms with Crippen LogP contribution in [0.2, 0.25) is 5.02 Å². The Bertz CT molecular complexity index is 1190. The van der Waals surface area contributed by atoms with Gasteiger partial charge in [0, 0.05) is 17.0 Å². The maximum absolute atomic E-state index is 13.0. The number of hydrogen-bond donors (Lipinski definition) is 1. The van der Waals surface area contributed by atoms with Gasteiger partial charge < -0.3 is 5.11 Å². The molecule has 0 fully saturated rings. The zero-order chi connectivity index (χ0) is 18.1. The van der Waals surface area contributed by atoms with Crippen LogP contribution in [0.15, 0.2) is 63.8 Å². The summed E-state index contributed by atoms with van der Waals surface area (Å²) in [7, 11) is 0. The van der Waals surface area contributed by atoms with E-state index in [1.54, 1.807) is 54.0 Å². The Kier molecular flexibility index (Phi) is 4.24. The minimum Gasteiger partial charge on any atom is -0.494 e. The van der Waals surface area contributed by atoms with Crippen LogP contribution in [-0.4, -0.2) is 26.1 Å². The lowest BCUT2D eigenvalue weighted by Gasteiger charge is -2.14. The first kappa shape index (κ1) is 16.4. The van der Waals surface area contributed by atoms with Gasteiger partial charge in [-0.15, -0.1) is 10.2 Å². The van der Waals surface area contributed by atoms with Crippen molar-refractivity contribution in [1.82, 2.24) is 14.8 Å². The van der Waals surface area contributed by atoms with Gasteiger partial charge in [-0.1, -0.05) is 53.3 Å². The summed E-state index contributed by atoms with van der Waals surface area (Å²) in [5.74, 6) is -0.241. The molecule has 0 saturated carbocycles. The van der Waals surface area contributed by atoms with Crippen LogP contribution < -0.4 is 5.56 Å². The minimum absolute atomic E-state index is 0.241. The molecule has 0 aliphatic heterocycles. The Balaban J connectivity index is 2.05. The maximum Gasteiger partial charge on any atom is 0.265 e. The second kappa shape index (κ2) is 6.70. The second-order valence-corrected chi connectivity index (χ2v) is 6.57. The van der Waals surface area contributed by atoms with Crippen LogP contribution in [0.3, 0.4) is 0 Å². The number of nitrogens with zero attached hydrogens (tertiary/aromatic N) is 4. The molecule has 128 valence electrons. The van der Waals surface area contributed by atoms with Crippen molar-refractivity contribution in [3.8, 4) is 11.6 Å². The zero-order valence-electron chi connectivity index (χ0n) is 13.2. The standard InChI is InChI=1S/C18H11ClN4O2S/c19-14-7-3-4-8-15(14)23-16(24)12-6-2-1-5-11(12)13(17(23)25)9-20-18-22-21-10-26-18/h1-10,25H/b20-9+. The number of hydrogen-bond acceptors (Lipinski definition) is 6.